The van der Waals surface area contributed by atoms with Crippen molar-refractivity contribution in [3.8, 4) is 0 Å². The molecule has 0 aliphatic heterocycles. The van der Waals surface area contributed by atoms with Crippen LogP contribution in [0.4, 0.5) is 0 Å². The largest absolute Gasteiger partial charge is 0.481 e. The molecule has 1 unspecified atom stereocenters. The van der Waals surface area contributed by atoms with Crippen LogP contribution < -0.4 is 0 Å². The van der Waals surface area contributed by atoms with Crippen LogP contribution in [-0.4, -0.2) is 67.0 Å². The minimum Gasteiger partial charge on any atom is -0.481 e. The van der Waals surface area contributed by atoms with Gasteiger partial charge in [0.2, 0.25) is 0 Å². The van der Waals surface area contributed by atoms with Gasteiger partial charge in [0.1, 0.15) is 0 Å². The lowest BCUT2D eigenvalue weighted by atomic mass is 10.3. The number of carboxylic acid groups (broad SMARTS) is 4. The molecule has 0 heterocycles. The van der Waals surface area contributed by atoms with Gasteiger partial charge in [-0.15, -0.1) is 0 Å². The van der Waals surface area contributed by atoms with Crippen molar-refractivity contribution in [3.05, 3.63) is 0 Å². The first-order valence-electron chi connectivity index (χ1n) is 4.36. The number of carbonyl (C=O) groups is 4. The number of aliphatic carboxylic acids is 4. The third-order valence-electron chi connectivity index (χ3n) is 0.924. The Hall–Kier alpha value is -1.46. The van der Waals surface area contributed by atoms with Gasteiger partial charge < -0.3 is 25.5 Å². The van der Waals surface area contributed by atoms with Crippen LogP contribution in [0.3, 0.4) is 0 Å². The summed E-state index contributed by atoms with van der Waals surface area (Å²) in [5, 5.41) is 39.4. The first-order valence-corrected chi connectivity index (χ1v) is 5.62. The summed E-state index contributed by atoms with van der Waals surface area (Å²) in [4.78, 5) is 38.0. The smallest absolute Gasteiger partial charge is 0.333 e. The quantitative estimate of drug-likeness (QED) is 0.311. The molecular formula is C8H14O9S2. The lowest BCUT2D eigenvalue weighted by Gasteiger charge is -1.97. The summed E-state index contributed by atoms with van der Waals surface area (Å²) < 4.78 is 0. The first-order chi connectivity index (χ1) is 8.58. The molecule has 9 nitrogen and oxygen atoms in total. The van der Waals surface area contributed by atoms with E-state index in [0.29, 0.717) is 0 Å². The summed E-state index contributed by atoms with van der Waals surface area (Å²) in [5.74, 6) is -4.77. The molecule has 5 N–H and O–H groups in total. The maximum absolute atomic E-state index is 9.72. The number of carboxylic acids is 4. The number of rotatable bonds is 5. The Labute approximate surface area is 118 Å². The summed E-state index contributed by atoms with van der Waals surface area (Å²) in [6.45, 7) is 0. The normalized spacial score (nSPS) is 9.84. The van der Waals surface area contributed by atoms with Crippen molar-refractivity contribution in [2.75, 3.05) is 11.5 Å². The zero-order valence-electron chi connectivity index (χ0n) is 9.46. The average molecular weight is 318 g/mol. The molecule has 0 radical (unpaired) electrons. The highest BCUT2D eigenvalue weighted by Gasteiger charge is 2.16. The summed E-state index contributed by atoms with van der Waals surface area (Å²) in [6.07, 6.45) is -2.54. The van der Waals surface area contributed by atoms with Crippen LogP contribution in [0.2, 0.25) is 0 Å². The Kier molecular flexibility index (Phi) is 17.4. The SMILES string of the molecule is O=C(O)CC(O)C(=O)O.O=C(O)CS.O=C(O)CS. The number of aliphatic hydroxyl groups is 1. The molecule has 0 spiro atoms. The van der Waals surface area contributed by atoms with Gasteiger partial charge in [0.05, 0.1) is 17.9 Å². The van der Waals surface area contributed by atoms with E-state index in [0.717, 1.165) is 0 Å². The molecule has 112 valence electrons. The summed E-state index contributed by atoms with van der Waals surface area (Å²) in [6, 6.07) is 0. The van der Waals surface area contributed by atoms with Crippen molar-refractivity contribution in [1.82, 2.24) is 0 Å². The molecule has 11 heteroatoms. The molecule has 19 heavy (non-hydrogen) atoms. The van der Waals surface area contributed by atoms with Crippen LogP contribution in [0.15, 0.2) is 0 Å². The molecule has 0 rings (SSSR count). The fourth-order valence-electron chi connectivity index (χ4n) is 0.253. The molecule has 0 aromatic heterocycles. The lowest BCUT2D eigenvalue weighted by molar-refractivity contribution is -0.152. The molecule has 0 fully saturated rings. The molecule has 0 saturated heterocycles. The minimum absolute atomic E-state index is 0.0833. The van der Waals surface area contributed by atoms with Crippen LogP contribution in [-0.2, 0) is 19.2 Å². The number of hydrogen-bond donors (Lipinski definition) is 7. The van der Waals surface area contributed by atoms with E-state index >= 15 is 0 Å². The Bertz CT molecular complexity index is 291. The second-order valence-corrected chi connectivity index (χ2v) is 3.19. The van der Waals surface area contributed by atoms with Gasteiger partial charge in [-0.25, -0.2) is 4.79 Å². The highest BCUT2D eigenvalue weighted by atomic mass is 32.1. The third kappa shape index (κ3) is 31.5. The van der Waals surface area contributed by atoms with E-state index in [1.807, 2.05) is 0 Å². The van der Waals surface area contributed by atoms with Crippen molar-refractivity contribution in [2.24, 2.45) is 0 Å². The second kappa shape index (κ2) is 14.6. The summed E-state index contributed by atoms with van der Waals surface area (Å²) in [5.41, 5.74) is 0. The van der Waals surface area contributed by atoms with E-state index < -0.39 is 36.4 Å². The van der Waals surface area contributed by atoms with E-state index in [4.69, 9.17) is 25.5 Å². The minimum atomic E-state index is -1.79. The number of thiol groups is 2. The van der Waals surface area contributed by atoms with Crippen LogP contribution in [0.1, 0.15) is 6.42 Å². The van der Waals surface area contributed by atoms with Crippen molar-refractivity contribution in [1.29, 1.82) is 0 Å². The van der Waals surface area contributed by atoms with E-state index in [1.54, 1.807) is 0 Å². The predicted molar refractivity (Wildman–Crippen MR) is 68.9 cm³/mol. The Morgan fingerprint density at radius 1 is 0.789 bits per heavy atom. The van der Waals surface area contributed by atoms with Crippen molar-refractivity contribution >= 4 is 49.1 Å². The maximum Gasteiger partial charge on any atom is 0.333 e. The Balaban J connectivity index is -0.000000219. The Morgan fingerprint density at radius 3 is 1.11 bits per heavy atom. The van der Waals surface area contributed by atoms with Crippen LogP contribution in [0, 0.1) is 0 Å². The molecule has 0 aliphatic carbocycles. The monoisotopic (exact) mass is 318 g/mol. The molecule has 1 atom stereocenters. The van der Waals surface area contributed by atoms with Gasteiger partial charge in [-0.05, 0) is 0 Å². The first kappa shape index (κ1) is 22.7. The molecule has 0 aromatic rings. The summed E-state index contributed by atoms with van der Waals surface area (Å²) >= 11 is 6.83. The van der Waals surface area contributed by atoms with Gasteiger partial charge in [0.15, 0.2) is 6.10 Å². The van der Waals surface area contributed by atoms with Crippen LogP contribution in [0.25, 0.3) is 0 Å². The maximum atomic E-state index is 9.72. The van der Waals surface area contributed by atoms with Crippen molar-refractivity contribution in [2.45, 2.75) is 12.5 Å². The van der Waals surface area contributed by atoms with Crippen LogP contribution >= 0.6 is 25.3 Å². The molecule has 0 amide bonds. The molecular weight excluding hydrogens is 304 g/mol. The standard InChI is InChI=1S/C4H6O5.2C2H4O2S/c5-2(4(8)9)1-3(6)7;2*3-2(4)1-5/h2,5H,1H2,(H,6,7)(H,8,9);2*5H,1H2,(H,3,4). The fraction of sp³-hybridized carbons (Fsp3) is 0.500. The zero-order chi connectivity index (χ0) is 16.0. The molecule has 0 aromatic carbocycles. The van der Waals surface area contributed by atoms with Crippen molar-refractivity contribution in [3.63, 3.8) is 0 Å². The molecule has 0 aliphatic rings. The van der Waals surface area contributed by atoms with Gasteiger partial charge in [0.25, 0.3) is 0 Å². The van der Waals surface area contributed by atoms with E-state index in [9.17, 15) is 19.2 Å². The third-order valence-corrected chi connectivity index (χ3v) is 1.46. The molecule has 0 bridgehead atoms. The number of aliphatic hydroxyl groups excluding tert-OH is 1. The highest BCUT2D eigenvalue weighted by molar-refractivity contribution is 7.81. The van der Waals surface area contributed by atoms with Gasteiger partial charge in [0, 0.05) is 0 Å². The second-order valence-electron chi connectivity index (χ2n) is 2.56. The van der Waals surface area contributed by atoms with Gasteiger partial charge >= 0.3 is 23.9 Å². The molecule has 0 saturated carbocycles. The lowest BCUT2D eigenvalue weighted by Crippen LogP contribution is -2.22. The van der Waals surface area contributed by atoms with E-state index in [2.05, 4.69) is 25.3 Å². The topological polar surface area (TPSA) is 169 Å². The van der Waals surface area contributed by atoms with Gasteiger partial charge in [-0.2, -0.15) is 25.3 Å². The zero-order valence-corrected chi connectivity index (χ0v) is 11.3. The summed E-state index contributed by atoms with van der Waals surface area (Å²) in [7, 11) is 0. The van der Waals surface area contributed by atoms with Crippen molar-refractivity contribution < 1.29 is 44.7 Å². The highest BCUT2D eigenvalue weighted by Crippen LogP contribution is 1.89. The average Bonchev–Trinajstić information content (AvgIpc) is 2.29. The van der Waals surface area contributed by atoms with E-state index in [-0.39, 0.29) is 11.5 Å². The Morgan fingerprint density at radius 2 is 1.05 bits per heavy atom. The fourth-order valence-corrected chi connectivity index (χ4v) is 0.253. The number of hydrogen-bond acceptors (Lipinski definition) is 7. The van der Waals surface area contributed by atoms with Crippen LogP contribution in [0.5, 0.6) is 0 Å². The van der Waals surface area contributed by atoms with Gasteiger partial charge in [-0.1, -0.05) is 0 Å². The van der Waals surface area contributed by atoms with Gasteiger partial charge in [-0.3, -0.25) is 14.4 Å². The predicted octanol–water partition coefficient (Wildman–Crippen LogP) is -1.09. The van der Waals surface area contributed by atoms with E-state index in [1.165, 1.54) is 0 Å².